The second-order valence-corrected chi connectivity index (χ2v) is 7.82. The van der Waals surface area contributed by atoms with E-state index in [0.29, 0.717) is 34.0 Å². The molecule has 6 nitrogen and oxygen atoms in total. The Kier molecular flexibility index (Phi) is 3.71. The van der Waals surface area contributed by atoms with Crippen LogP contribution in [0.1, 0.15) is 11.1 Å². The summed E-state index contributed by atoms with van der Waals surface area (Å²) in [5, 5.41) is 0.377. The Hall–Kier alpha value is -2.09. The largest absolute Gasteiger partial charge is 0.467 e. The summed E-state index contributed by atoms with van der Waals surface area (Å²) in [6.07, 6.45) is 0. The van der Waals surface area contributed by atoms with Gasteiger partial charge in [-0.05, 0) is 24.3 Å². The molecule has 0 fully saturated rings. The summed E-state index contributed by atoms with van der Waals surface area (Å²) in [6, 6.07) is 10.5. The molecular formula is C16H13ClN2O4S. The quantitative estimate of drug-likeness (QED) is 0.772. The maximum absolute atomic E-state index is 12.7. The van der Waals surface area contributed by atoms with Crippen molar-refractivity contribution in [1.82, 2.24) is 9.97 Å². The van der Waals surface area contributed by atoms with Crippen LogP contribution in [0.4, 0.5) is 0 Å². The van der Waals surface area contributed by atoms with Gasteiger partial charge in [-0.1, -0.05) is 23.7 Å². The van der Waals surface area contributed by atoms with Gasteiger partial charge in [0.25, 0.3) is 0 Å². The highest BCUT2D eigenvalue weighted by Gasteiger charge is 2.25. The first kappa shape index (κ1) is 15.4. The molecule has 1 aliphatic heterocycles. The number of para-hydroxylation sites is 2. The number of H-pyrrole nitrogens is 1. The van der Waals surface area contributed by atoms with Gasteiger partial charge in [-0.25, -0.2) is 13.4 Å². The molecule has 0 radical (unpaired) electrons. The molecule has 124 valence electrons. The molecule has 24 heavy (non-hydrogen) atoms. The molecule has 8 heteroatoms. The Morgan fingerprint density at radius 3 is 2.92 bits per heavy atom. The SMILES string of the molecule is O=S(=O)(Cc1cc(Cl)cc2c1OCOC2)c1nc2ccccc2[nH]1. The molecule has 0 saturated carbocycles. The highest BCUT2D eigenvalue weighted by Crippen LogP contribution is 2.33. The molecule has 1 aromatic heterocycles. The lowest BCUT2D eigenvalue weighted by Crippen LogP contribution is -2.15. The fraction of sp³-hybridized carbons (Fsp3) is 0.188. The van der Waals surface area contributed by atoms with E-state index in [4.69, 9.17) is 21.1 Å². The molecule has 2 aromatic carbocycles. The van der Waals surface area contributed by atoms with E-state index >= 15 is 0 Å². The number of ether oxygens (including phenoxy) is 2. The van der Waals surface area contributed by atoms with Gasteiger partial charge in [0.2, 0.25) is 15.0 Å². The molecule has 1 aliphatic rings. The zero-order valence-electron chi connectivity index (χ0n) is 12.5. The van der Waals surface area contributed by atoms with Crippen LogP contribution in [-0.2, 0) is 26.9 Å². The first-order valence-electron chi connectivity index (χ1n) is 7.22. The fourth-order valence-electron chi connectivity index (χ4n) is 2.71. The Morgan fingerprint density at radius 2 is 2.08 bits per heavy atom. The van der Waals surface area contributed by atoms with Crippen molar-refractivity contribution in [3.8, 4) is 5.75 Å². The number of hydrogen-bond donors (Lipinski definition) is 1. The summed E-state index contributed by atoms with van der Waals surface area (Å²) < 4.78 is 36.2. The van der Waals surface area contributed by atoms with Gasteiger partial charge in [-0.2, -0.15) is 0 Å². The minimum absolute atomic E-state index is 0.0653. The van der Waals surface area contributed by atoms with Gasteiger partial charge in [0.15, 0.2) is 6.79 Å². The number of halogens is 1. The number of hydrogen-bond acceptors (Lipinski definition) is 5. The summed E-state index contributed by atoms with van der Waals surface area (Å²) in [5.74, 6) is 0.265. The van der Waals surface area contributed by atoms with Crippen molar-refractivity contribution >= 4 is 32.5 Å². The highest BCUT2D eigenvalue weighted by atomic mass is 35.5. The Balaban J connectivity index is 1.75. The van der Waals surface area contributed by atoms with Crippen LogP contribution < -0.4 is 4.74 Å². The Bertz CT molecular complexity index is 997. The average molecular weight is 365 g/mol. The van der Waals surface area contributed by atoms with Crippen molar-refractivity contribution in [2.24, 2.45) is 0 Å². The summed E-state index contributed by atoms with van der Waals surface area (Å²) >= 11 is 6.09. The zero-order valence-corrected chi connectivity index (χ0v) is 14.0. The predicted molar refractivity (Wildman–Crippen MR) is 88.7 cm³/mol. The standard InChI is InChI=1S/C16H13ClN2O4S/c17-12-5-10-7-22-9-23-15(10)11(6-12)8-24(20,21)16-18-13-3-1-2-4-14(13)19-16/h1-6H,7-9H2,(H,18,19). The van der Waals surface area contributed by atoms with Crippen LogP contribution in [0.25, 0.3) is 11.0 Å². The van der Waals surface area contributed by atoms with Crippen LogP contribution in [-0.4, -0.2) is 25.2 Å². The minimum atomic E-state index is -3.67. The monoisotopic (exact) mass is 364 g/mol. The second kappa shape index (κ2) is 5.77. The number of benzene rings is 2. The van der Waals surface area contributed by atoms with Crippen LogP contribution >= 0.6 is 11.6 Å². The molecule has 0 aliphatic carbocycles. The molecule has 0 amide bonds. The summed E-state index contributed by atoms with van der Waals surface area (Å²) in [4.78, 5) is 7.03. The number of sulfone groups is 1. The lowest BCUT2D eigenvalue weighted by atomic mass is 10.1. The third kappa shape index (κ3) is 2.75. The van der Waals surface area contributed by atoms with E-state index < -0.39 is 9.84 Å². The number of fused-ring (bicyclic) bond motifs is 2. The Labute approximate surface area is 143 Å². The van der Waals surface area contributed by atoms with Crippen molar-refractivity contribution < 1.29 is 17.9 Å². The first-order chi connectivity index (χ1) is 11.5. The lowest BCUT2D eigenvalue weighted by Gasteiger charge is -2.20. The van der Waals surface area contributed by atoms with Gasteiger partial charge >= 0.3 is 0 Å². The van der Waals surface area contributed by atoms with Crippen LogP contribution in [0.5, 0.6) is 5.75 Å². The molecule has 1 N–H and O–H groups in total. The highest BCUT2D eigenvalue weighted by molar-refractivity contribution is 7.90. The Morgan fingerprint density at radius 1 is 1.25 bits per heavy atom. The maximum Gasteiger partial charge on any atom is 0.226 e. The van der Waals surface area contributed by atoms with Gasteiger partial charge < -0.3 is 14.5 Å². The average Bonchev–Trinajstić information content (AvgIpc) is 2.99. The first-order valence-corrected chi connectivity index (χ1v) is 9.25. The van der Waals surface area contributed by atoms with E-state index in [-0.39, 0.29) is 17.7 Å². The van der Waals surface area contributed by atoms with Crippen molar-refractivity contribution in [2.75, 3.05) is 6.79 Å². The molecule has 2 heterocycles. The minimum Gasteiger partial charge on any atom is -0.467 e. The number of nitrogens with zero attached hydrogens (tertiary/aromatic N) is 1. The number of aromatic nitrogens is 2. The molecule has 4 rings (SSSR count). The predicted octanol–water partition coefficient (Wildman–Crippen LogP) is 3.06. The fourth-order valence-corrected chi connectivity index (χ4v) is 4.24. The maximum atomic E-state index is 12.7. The van der Waals surface area contributed by atoms with E-state index in [1.807, 2.05) is 6.07 Å². The van der Waals surface area contributed by atoms with Gasteiger partial charge in [0.05, 0.1) is 23.4 Å². The molecule has 0 saturated heterocycles. The van der Waals surface area contributed by atoms with Gasteiger partial charge in [-0.15, -0.1) is 0 Å². The van der Waals surface area contributed by atoms with Crippen molar-refractivity contribution in [2.45, 2.75) is 17.5 Å². The van der Waals surface area contributed by atoms with E-state index in [9.17, 15) is 8.42 Å². The smallest absolute Gasteiger partial charge is 0.226 e. The van der Waals surface area contributed by atoms with Crippen LogP contribution in [0.2, 0.25) is 5.02 Å². The van der Waals surface area contributed by atoms with E-state index in [1.165, 1.54) is 0 Å². The number of rotatable bonds is 3. The molecule has 0 bridgehead atoms. The van der Waals surface area contributed by atoms with Crippen LogP contribution in [0.15, 0.2) is 41.6 Å². The summed E-state index contributed by atoms with van der Waals surface area (Å²) in [5.41, 5.74) is 2.52. The third-order valence-corrected chi connectivity index (χ3v) is 5.45. The zero-order chi connectivity index (χ0) is 16.7. The summed E-state index contributed by atoms with van der Waals surface area (Å²) in [7, 11) is -3.67. The van der Waals surface area contributed by atoms with E-state index in [1.54, 1.807) is 30.3 Å². The lowest BCUT2D eigenvalue weighted by molar-refractivity contribution is -0.0169. The summed E-state index contributed by atoms with van der Waals surface area (Å²) in [6.45, 7) is 0.430. The van der Waals surface area contributed by atoms with Gasteiger partial charge in [0.1, 0.15) is 5.75 Å². The van der Waals surface area contributed by atoms with Gasteiger partial charge in [0, 0.05) is 16.1 Å². The molecule has 0 spiro atoms. The third-order valence-electron chi connectivity index (χ3n) is 3.76. The van der Waals surface area contributed by atoms with E-state index in [2.05, 4.69) is 9.97 Å². The molecule has 0 unspecified atom stereocenters. The second-order valence-electron chi connectivity index (χ2n) is 5.48. The van der Waals surface area contributed by atoms with Crippen LogP contribution in [0.3, 0.4) is 0 Å². The van der Waals surface area contributed by atoms with Crippen molar-refractivity contribution in [3.05, 3.63) is 52.5 Å². The molecular weight excluding hydrogens is 352 g/mol. The van der Waals surface area contributed by atoms with Gasteiger partial charge in [-0.3, -0.25) is 0 Å². The van der Waals surface area contributed by atoms with Crippen molar-refractivity contribution in [3.63, 3.8) is 0 Å². The van der Waals surface area contributed by atoms with Crippen LogP contribution in [0, 0.1) is 0 Å². The number of nitrogens with one attached hydrogen (secondary N) is 1. The van der Waals surface area contributed by atoms with E-state index in [0.717, 1.165) is 5.56 Å². The topological polar surface area (TPSA) is 81.3 Å². The number of imidazole rings is 1. The molecule has 3 aromatic rings. The normalized spacial score (nSPS) is 14.4. The van der Waals surface area contributed by atoms with Crippen molar-refractivity contribution in [1.29, 1.82) is 0 Å². The number of aromatic amines is 1. The molecule has 0 atom stereocenters.